The van der Waals surface area contributed by atoms with Crippen LogP contribution in [0.25, 0.3) is 0 Å². The van der Waals surface area contributed by atoms with Crippen molar-refractivity contribution in [2.45, 2.75) is 6.54 Å². The van der Waals surface area contributed by atoms with Gasteiger partial charge in [-0.3, -0.25) is 9.67 Å². The highest BCUT2D eigenvalue weighted by atomic mass is 32.1. The van der Waals surface area contributed by atoms with Crippen LogP contribution >= 0.6 is 12.2 Å². The fraction of sp³-hybridized carbons (Fsp3) is 0.200. The van der Waals surface area contributed by atoms with Crippen molar-refractivity contribution in [2.75, 3.05) is 5.32 Å². The zero-order valence-corrected chi connectivity index (χ0v) is 10.1. The van der Waals surface area contributed by atoms with E-state index in [2.05, 4.69) is 20.4 Å². The van der Waals surface area contributed by atoms with Crippen molar-refractivity contribution in [2.24, 2.45) is 12.8 Å². The van der Waals surface area contributed by atoms with Gasteiger partial charge in [-0.2, -0.15) is 5.10 Å². The first kappa shape index (κ1) is 11.5. The third-order valence-corrected chi connectivity index (χ3v) is 2.32. The Morgan fingerprint density at radius 1 is 1.53 bits per heavy atom. The van der Waals surface area contributed by atoms with Crippen LogP contribution in [0.5, 0.6) is 0 Å². The van der Waals surface area contributed by atoms with Crippen LogP contribution in [-0.4, -0.2) is 24.7 Å². The van der Waals surface area contributed by atoms with E-state index in [-0.39, 0.29) is 4.99 Å². The summed E-state index contributed by atoms with van der Waals surface area (Å²) >= 11 is 4.86. The number of anilines is 1. The highest BCUT2D eigenvalue weighted by Crippen LogP contribution is 2.08. The lowest BCUT2D eigenvalue weighted by Gasteiger charge is -2.05. The average molecular weight is 248 g/mol. The summed E-state index contributed by atoms with van der Waals surface area (Å²) in [5.41, 5.74) is 6.99. The molecule has 0 bridgehead atoms. The van der Waals surface area contributed by atoms with Crippen molar-refractivity contribution in [1.29, 1.82) is 0 Å². The number of hydrogen-bond acceptors (Lipinski definition) is 5. The molecule has 6 nitrogen and oxygen atoms in total. The quantitative estimate of drug-likeness (QED) is 0.765. The van der Waals surface area contributed by atoms with E-state index in [1.54, 1.807) is 23.3 Å². The Morgan fingerprint density at radius 2 is 2.35 bits per heavy atom. The summed E-state index contributed by atoms with van der Waals surface area (Å²) in [7, 11) is 1.83. The first-order valence-corrected chi connectivity index (χ1v) is 5.40. The molecule has 0 fully saturated rings. The average Bonchev–Trinajstić information content (AvgIpc) is 2.73. The number of rotatable bonds is 4. The van der Waals surface area contributed by atoms with Crippen LogP contribution in [0.1, 0.15) is 11.5 Å². The smallest absolute Gasteiger partial charge is 0.169 e. The third kappa shape index (κ3) is 2.97. The van der Waals surface area contributed by atoms with Crippen molar-refractivity contribution >= 4 is 22.9 Å². The number of nitrogens with one attached hydrogen (secondary N) is 1. The van der Waals surface area contributed by atoms with E-state index in [0.717, 1.165) is 11.5 Å². The predicted molar refractivity (Wildman–Crippen MR) is 68.5 cm³/mol. The van der Waals surface area contributed by atoms with E-state index in [4.69, 9.17) is 18.0 Å². The summed E-state index contributed by atoms with van der Waals surface area (Å²) in [6.45, 7) is 0.543. The summed E-state index contributed by atoms with van der Waals surface area (Å²) < 4.78 is 1.66. The van der Waals surface area contributed by atoms with Crippen molar-refractivity contribution in [3.05, 3.63) is 36.2 Å². The Balaban J connectivity index is 2.04. The molecule has 3 N–H and O–H groups in total. The Morgan fingerprint density at radius 3 is 3.00 bits per heavy atom. The number of pyridine rings is 1. The largest absolute Gasteiger partial charge is 0.388 e. The Labute approximate surface area is 104 Å². The van der Waals surface area contributed by atoms with E-state index in [1.807, 2.05) is 13.1 Å². The van der Waals surface area contributed by atoms with E-state index in [1.165, 1.54) is 0 Å². The van der Waals surface area contributed by atoms with Crippen molar-refractivity contribution in [3.63, 3.8) is 0 Å². The van der Waals surface area contributed by atoms with E-state index < -0.39 is 0 Å². The summed E-state index contributed by atoms with van der Waals surface area (Å²) in [6, 6.07) is 3.63. The molecule has 0 saturated carbocycles. The molecule has 17 heavy (non-hydrogen) atoms. The lowest BCUT2D eigenvalue weighted by atomic mass is 10.3. The standard InChI is InChI=1S/C10H12N6S/c1-16-6-14-9(15-16)5-13-7-2-3-12-8(4-7)10(11)17/h2-4,6H,5H2,1H3,(H2,11,17)(H,12,13). The molecule has 0 saturated heterocycles. The molecule has 0 spiro atoms. The van der Waals surface area contributed by atoms with Gasteiger partial charge in [-0.05, 0) is 12.1 Å². The van der Waals surface area contributed by atoms with Gasteiger partial charge in [0.1, 0.15) is 11.3 Å². The van der Waals surface area contributed by atoms with Crippen LogP contribution in [0.2, 0.25) is 0 Å². The lowest BCUT2D eigenvalue weighted by molar-refractivity contribution is 0.747. The molecule has 88 valence electrons. The summed E-state index contributed by atoms with van der Waals surface area (Å²) in [6.07, 6.45) is 3.31. The minimum Gasteiger partial charge on any atom is -0.388 e. The second kappa shape index (κ2) is 4.88. The fourth-order valence-corrected chi connectivity index (χ4v) is 1.43. The molecule has 2 aromatic heterocycles. The molecule has 2 aromatic rings. The van der Waals surface area contributed by atoms with Crippen LogP contribution in [0.15, 0.2) is 24.7 Å². The van der Waals surface area contributed by atoms with Gasteiger partial charge in [0.2, 0.25) is 0 Å². The molecule has 0 amide bonds. The number of aromatic nitrogens is 4. The molecule has 0 aliphatic rings. The monoisotopic (exact) mass is 248 g/mol. The Kier molecular flexibility index (Phi) is 3.29. The van der Waals surface area contributed by atoms with Gasteiger partial charge in [0, 0.05) is 18.9 Å². The highest BCUT2D eigenvalue weighted by molar-refractivity contribution is 7.80. The molecule has 0 aromatic carbocycles. The van der Waals surface area contributed by atoms with Gasteiger partial charge in [0.15, 0.2) is 5.82 Å². The van der Waals surface area contributed by atoms with Crippen LogP contribution in [0.3, 0.4) is 0 Å². The highest BCUT2D eigenvalue weighted by Gasteiger charge is 2.01. The zero-order chi connectivity index (χ0) is 12.3. The number of hydrogen-bond donors (Lipinski definition) is 2. The maximum Gasteiger partial charge on any atom is 0.169 e. The van der Waals surface area contributed by atoms with Crippen LogP contribution in [-0.2, 0) is 13.6 Å². The molecule has 0 aliphatic carbocycles. The third-order valence-electron chi connectivity index (χ3n) is 2.11. The Hall–Kier alpha value is -2.02. The summed E-state index contributed by atoms with van der Waals surface area (Å²) in [4.78, 5) is 8.45. The lowest BCUT2D eigenvalue weighted by Crippen LogP contribution is -2.12. The SMILES string of the molecule is Cn1cnc(CNc2ccnc(C(N)=S)c2)n1. The minimum absolute atomic E-state index is 0.282. The van der Waals surface area contributed by atoms with Crippen LogP contribution in [0, 0.1) is 0 Å². The summed E-state index contributed by atoms with van der Waals surface area (Å²) in [5, 5.41) is 7.34. The second-order valence-electron chi connectivity index (χ2n) is 3.48. The van der Waals surface area contributed by atoms with Crippen molar-refractivity contribution in [3.8, 4) is 0 Å². The minimum atomic E-state index is 0.282. The normalized spacial score (nSPS) is 10.2. The van der Waals surface area contributed by atoms with E-state index in [9.17, 15) is 0 Å². The number of aryl methyl sites for hydroxylation is 1. The first-order valence-electron chi connectivity index (χ1n) is 4.99. The zero-order valence-electron chi connectivity index (χ0n) is 9.29. The molecular weight excluding hydrogens is 236 g/mol. The van der Waals surface area contributed by atoms with E-state index in [0.29, 0.717) is 12.2 Å². The van der Waals surface area contributed by atoms with Gasteiger partial charge in [-0.25, -0.2) is 4.98 Å². The molecule has 0 aliphatic heterocycles. The number of nitrogens with zero attached hydrogens (tertiary/aromatic N) is 4. The van der Waals surface area contributed by atoms with Crippen molar-refractivity contribution in [1.82, 2.24) is 19.7 Å². The molecule has 7 heteroatoms. The van der Waals surface area contributed by atoms with E-state index >= 15 is 0 Å². The van der Waals surface area contributed by atoms with Gasteiger partial charge in [-0.15, -0.1) is 0 Å². The molecule has 0 unspecified atom stereocenters. The molecule has 0 atom stereocenters. The summed E-state index contributed by atoms with van der Waals surface area (Å²) in [5.74, 6) is 0.723. The van der Waals surface area contributed by atoms with Crippen LogP contribution in [0.4, 0.5) is 5.69 Å². The van der Waals surface area contributed by atoms with Gasteiger partial charge >= 0.3 is 0 Å². The fourth-order valence-electron chi connectivity index (χ4n) is 1.32. The van der Waals surface area contributed by atoms with Crippen molar-refractivity contribution < 1.29 is 0 Å². The van der Waals surface area contributed by atoms with Gasteiger partial charge in [0.25, 0.3) is 0 Å². The predicted octanol–water partition coefficient (Wildman–Crippen LogP) is 0.456. The maximum atomic E-state index is 5.51. The number of nitrogens with two attached hydrogens (primary N) is 1. The molecule has 2 heterocycles. The Bertz CT molecular complexity index is 535. The molecule has 0 radical (unpaired) electrons. The topological polar surface area (TPSA) is 81.7 Å². The second-order valence-corrected chi connectivity index (χ2v) is 3.92. The molecule has 2 rings (SSSR count). The van der Waals surface area contributed by atoms with Crippen LogP contribution < -0.4 is 11.1 Å². The maximum absolute atomic E-state index is 5.51. The number of thiocarbonyl (C=S) groups is 1. The van der Waals surface area contributed by atoms with Gasteiger partial charge in [-0.1, -0.05) is 12.2 Å². The van der Waals surface area contributed by atoms with Gasteiger partial charge in [0.05, 0.1) is 12.2 Å². The molecular formula is C10H12N6S. The first-order chi connectivity index (χ1) is 8.15. The van der Waals surface area contributed by atoms with Gasteiger partial charge < -0.3 is 11.1 Å².